The molecule has 0 bridgehead atoms. The molecule has 0 aromatic heterocycles. The minimum Gasteiger partial charge on any atom is -0.481 e. The molecular formula is C4H9NO5. The number of aliphatic carboxylic acids is 1. The molecule has 0 aromatic carbocycles. The molecule has 0 spiro atoms. The molecule has 10 heavy (non-hydrogen) atoms. The summed E-state index contributed by atoms with van der Waals surface area (Å²) in [5.41, 5.74) is 0. The minimum atomic E-state index is -1.50. The first-order valence-electron chi connectivity index (χ1n) is 2.44. The summed E-state index contributed by atoms with van der Waals surface area (Å²) in [6.07, 6.45) is 0. The Morgan fingerprint density at radius 1 is 1.60 bits per heavy atom. The van der Waals surface area contributed by atoms with Gasteiger partial charge < -0.3 is 10.3 Å². The molecule has 6 heteroatoms. The molecule has 0 saturated heterocycles. The lowest BCUT2D eigenvalue weighted by Gasteiger charge is -1.89. The second-order valence-corrected chi connectivity index (χ2v) is 1.73. The quantitative estimate of drug-likeness (QED) is 0.416. The van der Waals surface area contributed by atoms with Crippen LogP contribution in [0.25, 0.3) is 0 Å². The first kappa shape index (κ1) is 11.5. The van der Waals surface area contributed by atoms with Gasteiger partial charge in [0.2, 0.25) is 0 Å². The van der Waals surface area contributed by atoms with Crippen LogP contribution in [0.15, 0.2) is 0 Å². The van der Waals surface area contributed by atoms with Gasteiger partial charge in [0, 0.05) is 0 Å². The molecule has 0 heterocycles. The number of hydrogen-bond donors (Lipinski definition) is 2. The topological polar surface area (TPSA) is 101 Å². The summed E-state index contributed by atoms with van der Waals surface area (Å²) in [6, 6.07) is 0. The summed E-state index contributed by atoms with van der Waals surface area (Å²) in [5.74, 6) is -0.972. The number of rotatable bonds is 1. The molecule has 0 rings (SSSR count). The Hall–Kier alpha value is -1.33. The van der Waals surface area contributed by atoms with E-state index in [1.165, 1.54) is 0 Å². The van der Waals surface area contributed by atoms with E-state index in [1.54, 1.807) is 13.8 Å². The van der Waals surface area contributed by atoms with E-state index in [9.17, 15) is 4.79 Å². The van der Waals surface area contributed by atoms with Crippen molar-refractivity contribution in [2.45, 2.75) is 13.8 Å². The third-order valence-electron chi connectivity index (χ3n) is 0.494. The maximum atomic E-state index is 9.70. The molecule has 0 aliphatic heterocycles. The van der Waals surface area contributed by atoms with Crippen molar-refractivity contribution in [2.75, 3.05) is 0 Å². The summed E-state index contributed by atoms with van der Waals surface area (Å²) in [7, 11) is 0. The summed E-state index contributed by atoms with van der Waals surface area (Å²) < 4.78 is 0. The molecule has 60 valence electrons. The largest absolute Gasteiger partial charge is 0.481 e. The van der Waals surface area contributed by atoms with Crippen molar-refractivity contribution in [3.05, 3.63) is 10.1 Å². The van der Waals surface area contributed by atoms with Crippen molar-refractivity contribution in [3.63, 3.8) is 0 Å². The number of carbonyl (C=O) groups is 1. The highest BCUT2D eigenvalue weighted by Gasteiger charge is 1.99. The van der Waals surface area contributed by atoms with Gasteiger partial charge in [0.25, 0.3) is 5.09 Å². The van der Waals surface area contributed by atoms with Crippen LogP contribution in [0.3, 0.4) is 0 Å². The monoisotopic (exact) mass is 151 g/mol. The van der Waals surface area contributed by atoms with E-state index in [-0.39, 0.29) is 5.92 Å². The molecule has 0 aliphatic carbocycles. The number of hydrogen-bond acceptors (Lipinski definition) is 3. The molecule has 0 saturated carbocycles. The average molecular weight is 151 g/mol. The van der Waals surface area contributed by atoms with E-state index in [0.29, 0.717) is 0 Å². The molecule has 0 fully saturated rings. The maximum Gasteiger partial charge on any atom is 0.305 e. The van der Waals surface area contributed by atoms with Gasteiger partial charge in [-0.2, -0.15) is 0 Å². The van der Waals surface area contributed by atoms with Crippen molar-refractivity contribution < 1.29 is 20.2 Å². The van der Waals surface area contributed by atoms with E-state index in [4.69, 9.17) is 20.4 Å². The fraction of sp³-hybridized carbons (Fsp3) is 0.750. The fourth-order valence-corrected chi connectivity index (χ4v) is 0. The molecule has 2 N–H and O–H groups in total. The van der Waals surface area contributed by atoms with Crippen molar-refractivity contribution in [1.29, 1.82) is 0 Å². The zero-order valence-electron chi connectivity index (χ0n) is 5.64. The van der Waals surface area contributed by atoms with E-state index in [2.05, 4.69) is 0 Å². The Labute approximate surface area is 57.2 Å². The highest BCUT2D eigenvalue weighted by Crippen LogP contribution is 1.87. The Bertz CT molecular complexity index is 117. The van der Waals surface area contributed by atoms with Crippen LogP contribution in [-0.2, 0) is 4.79 Å². The molecule has 0 unspecified atom stereocenters. The van der Waals surface area contributed by atoms with Crippen LogP contribution in [0.4, 0.5) is 0 Å². The van der Waals surface area contributed by atoms with Gasteiger partial charge in [-0.15, -0.1) is 10.1 Å². The molecule has 0 aliphatic rings. The van der Waals surface area contributed by atoms with E-state index >= 15 is 0 Å². The normalized spacial score (nSPS) is 7.90. The van der Waals surface area contributed by atoms with Crippen molar-refractivity contribution in [3.8, 4) is 0 Å². The van der Waals surface area contributed by atoms with Crippen LogP contribution in [0.5, 0.6) is 0 Å². The van der Waals surface area contributed by atoms with Gasteiger partial charge >= 0.3 is 5.97 Å². The van der Waals surface area contributed by atoms with Crippen LogP contribution in [0.2, 0.25) is 0 Å². The van der Waals surface area contributed by atoms with E-state index < -0.39 is 11.1 Å². The zero-order valence-corrected chi connectivity index (χ0v) is 5.64. The van der Waals surface area contributed by atoms with E-state index in [0.717, 1.165) is 0 Å². The Morgan fingerprint density at radius 3 is 1.70 bits per heavy atom. The lowest BCUT2D eigenvalue weighted by atomic mass is 10.2. The Kier molecular flexibility index (Phi) is 6.65. The molecule has 6 nitrogen and oxygen atoms in total. The van der Waals surface area contributed by atoms with Gasteiger partial charge in [-0.05, 0) is 0 Å². The second-order valence-electron chi connectivity index (χ2n) is 1.73. The molecule has 0 aromatic rings. The SMILES string of the molecule is CC(C)C(=O)O.O=[N+]([O-])O. The van der Waals surface area contributed by atoms with E-state index in [1.807, 2.05) is 0 Å². The number of nitrogens with zero attached hydrogens (tertiary/aromatic N) is 1. The van der Waals surface area contributed by atoms with Gasteiger partial charge in [0.1, 0.15) is 0 Å². The highest BCUT2D eigenvalue weighted by molar-refractivity contribution is 5.68. The third-order valence-corrected chi connectivity index (χ3v) is 0.494. The van der Waals surface area contributed by atoms with Gasteiger partial charge in [-0.1, -0.05) is 13.8 Å². The second kappa shape index (κ2) is 5.80. The standard InChI is InChI=1S/C4H8O2.HNO3/c1-3(2)4(5)6;2-1(3)4/h3H,1-2H3,(H,5,6);(H,2,3,4). The first-order chi connectivity index (χ1) is 4.37. The van der Waals surface area contributed by atoms with Crippen LogP contribution < -0.4 is 0 Å². The Balaban J connectivity index is 0. The maximum absolute atomic E-state index is 9.70. The summed E-state index contributed by atoms with van der Waals surface area (Å²) in [4.78, 5) is 18.1. The zero-order chi connectivity index (χ0) is 8.73. The number of carboxylic acid groups (broad SMARTS) is 1. The molecule has 0 atom stereocenters. The summed E-state index contributed by atoms with van der Waals surface area (Å²) in [6.45, 7) is 3.28. The Morgan fingerprint density at radius 2 is 1.70 bits per heavy atom. The van der Waals surface area contributed by atoms with Crippen molar-refractivity contribution in [2.24, 2.45) is 5.92 Å². The van der Waals surface area contributed by atoms with Crippen LogP contribution in [0.1, 0.15) is 13.8 Å². The smallest absolute Gasteiger partial charge is 0.305 e. The molecular weight excluding hydrogens is 142 g/mol. The fourth-order valence-electron chi connectivity index (χ4n) is 0. The lowest BCUT2D eigenvalue weighted by Crippen LogP contribution is -2.03. The van der Waals surface area contributed by atoms with Crippen molar-refractivity contribution in [1.82, 2.24) is 0 Å². The van der Waals surface area contributed by atoms with Gasteiger partial charge in [0.05, 0.1) is 5.92 Å². The molecule has 0 radical (unpaired) electrons. The first-order valence-corrected chi connectivity index (χ1v) is 2.44. The minimum absolute atomic E-state index is 0.231. The van der Waals surface area contributed by atoms with Gasteiger partial charge in [-0.25, -0.2) is 0 Å². The van der Waals surface area contributed by atoms with Crippen LogP contribution >= 0.6 is 0 Å². The van der Waals surface area contributed by atoms with Gasteiger partial charge in [0.15, 0.2) is 0 Å². The van der Waals surface area contributed by atoms with Gasteiger partial charge in [-0.3, -0.25) is 4.79 Å². The average Bonchev–Trinajstić information content (AvgIpc) is 1.63. The third kappa shape index (κ3) is 30.1. The van der Waals surface area contributed by atoms with Crippen molar-refractivity contribution >= 4 is 5.97 Å². The summed E-state index contributed by atoms with van der Waals surface area (Å²) in [5, 5.41) is 21.6. The predicted molar refractivity (Wildman–Crippen MR) is 31.3 cm³/mol. The predicted octanol–water partition coefficient (Wildman–Crippen LogP) is 0.379. The number of carboxylic acids is 1. The lowest BCUT2D eigenvalue weighted by molar-refractivity contribution is -0.742. The van der Waals surface area contributed by atoms with Crippen LogP contribution in [0, 0.1) is 16.0 Å². The molecule has 0 amide bonds. The van der Waals surface area contributed by atoms with Crippen LogP contribution in [-0.4, -0.2) is 21.4 Å². The highest BCUT2D eigenvalue weighted by atomic mass is 16.9. The summed E-state index contributed by atoms with van der Waals surface area (Å²) >= 11 is 0.